The first kappa shape index (κ1) is 77.5. The number of hydrogen-bond acceptors (Lipinski definition) is 20. The quantitative estimate of drug-likeness (QED) is 0.0294. The number of nitrogens with one attached hydrogen (secondary N) is 2. The highest BCUT2D eigenvalue weighted by Crippen LogP contribution is 2.38. The minimum Gasteiger partial charge on any atom is -0.477 e. The lowest BCUT2D eigenvalue weighted by Crippen LogP contribution is -2.70. The summed E-state index contributed by atoms with van der Waals surface area (Å²) in [6, 6.07) is -2.62. The predicted molar refractivity (Wildman–Crippen MR) is 320 cm³/mol. The summed E-state index contributed by atoms with van der Waals surface area (Å²) >= 11 is 0. The van der Waals surface area contributed by atoms with Crippen molar-refractivity contribution in [2.24, 2.45) is 0 Å². The third-order valence-electron chi connectivity index (χ3n) is 16.6. The molecule has 23 nitrogen and oxygen atoms in total. The lowest BCUT2D eigenvalue weighted by Gasteiger charge is -2.50. The molecule has 0 spiro atoms. The van der Waals surface area contributed by atoms with E-state index in [2.05, 4.69) is 36.6 Å². The van der Waals surface area contributed by atoms with Gasteiger partial charge < -0.3 is 100 Å². The molecule has 18 atom stereocenters. The molecule has 0 aromatic rings. The van der Waals surface area contributed by atoms with Gasteiger partial charge in [-0.2, -0.15) is 0 Å². The smallest absolute Gasteiger partial charge is 0.364 e. The Morgan fingerprint density at radius 2 is 1.09 bits per heavy atom. The second-order valence-corrected chi connectivity index (χ2v) is 24.0. The molecule has 3 saturated heterocycles. The van der Waals surface area contributed by atoms with Crippen LogP contribution in [-0.2, 0) is 42.8 Å². The molecule has 0 saturated carbocycles. The highest BCUT2D eigenvalue weighted by atomic mass is 16.8. The fourth-order valence-corrected chi connectivity index (χ4v) is 11.3. The Labute approximate surface area is 511 Å². The van der Waals surface area contributed by atoms with Gasteiger partial charge in [0.05, 0.1) is 50.7 Å². The number of aliphatic hydroxyl groups is 11. The van der Waals surface area contributed by atoms with Gasteiger partial charge in [-0.3, -0.25) is 9.59 Å². The molecule has 3 fully saturated rings. The fraction of sp³-hybridized carbons (Fsp3) is 0.889. The zero-order chi connectivity index (χ0) is 63.3. The van der Waals surface area contributed by atoms with Crippen LogP contribution in [0.15, 0.2) is 24.3 Å². The monoisotopic (exact) mass is 1230 g/mol. The van der Waals surface area contributed by atoms with Gasteiger partial charge in [0.2, 0.25) is 11.8 Å². The third-order valence-corrected chi connectivity index (χ3v) is 16.6. The Kier molecular flexibility index (Phi) is 40.2. The number of hydrogen-bond donors (Lipinski definition) is 14. The summed E-state index contributed by atoms with van der Waals surface area (Å²) in [5.41, 5.74) is 0. The van der Waals surface area contributed by atoms with Crippen LogP contribution < -0.4 is 10.6 Å². The van der Waals surface area contributed by atoms with Crippen molar-refractivity contribution in [2.45, 2.75) is 330 Å². The summed E-state index contributed by atoms with van der Waals surface area (Å²) in [5.74, 6) is -6.15. The van der Waals surface area contributed by atoms with Crippen LogP contribution in [0.5, 0.6) is 0 Å². The molecule has 0 bridgehead atoms. The SMILES string of the molecule is CCCCCCCC/C=C\CCCCCCCCCC(=O)NC(COC1OC(CO)C(OC2OC(CO)C(O)C(OC3(C(=O)O)CC(O)C(NC(C)=O)C(C(O)C(O)CO)O3)C2O)C(O)C1O)C(O)/C=C/CCCCCCCCCCCCCCC. The minimum absolute atomic E-state index is 0.195. The molecule has 14 N–H and O–H groups in total. The maximum atomic E-state index is 13.4. The molecule has 3 aliphatic rings. The Hall–Kier alpha value is -2.79. The fourth-order valence-electron chi connectivity index (χ4n) is 11.3. The molecular formula is C63H114N2O21. The molecule has 86 heavy (non-hydrogen) atoms. The van der Waals surface area contributed by atoms with Crippen molar-refractivity contribution in [3.8, 4) is 0 Å². The number of carbonyl (C=O) groups is 3. The molecule has 0 aliphatic carbocycles. The molecule has 23 heteroatoms. The third kappa shape index (κ3) is 27.8. The molecule has 0 radical (unpaired) electrons. The number of ether oxygens (including phenoxy) is 6. The van der Waals surface area contributed by atoms with Gasteiger partial charge in [-0.25, -0.2) is 4.79 Å². The zero-order valence-electron chi connectivity index (χ0n) is 51.9. The van der Waals surface area contributed by atoms with Crippen molar-refractivity contribution in [3.05, 3.63) is 24.3 Å². The molecule has 0 aromatic carbocycles. The Balaban J connectivity index is 1.64. The van der Waals surface area contributed by atoms with Crippen LogP contribution in [0.4, 0.5) is 0 Å². The maximum absolute atomic E-state index is 13.4. The van der Waals surface area contributed by atoms with Crippen LogP contribution in [-0.4, -0.2) is 215 Å². The number of carboxylic acids is 1. The van der Waals surface area contributed by atoms with E-state index in [1.54, 1.807) is 6.08 Å². The first-order valence-electron chi connectivity index (χ1n) is 32.7. The van der Waals surface area contributed by atoms with Crippen LogP contribution in [0.3, 0.4) is 0 Å². The molecular weight excluding hydrogens is 1120 g/mol. The van der Waals surface area contributed by atoms with Gasteiger partial charge in [-0.15, -0.1) is 0 Å². The van der Waals surface area contributed by atoms with Crippen LogP contribution in [0.25, 0.3) is 0 Å². The molecule has 2 amide bonds. The van der Waals surface area contributed by atoms with Crippen LogP contribution in [0, 0.1) is 0 Å². The van der Waals surface area contributed by atoms with Crippen LogP contribution in [0.2, 0.25) is 0 Å². The maximum Gasteiger partial charge on any atom is 0.364 e. The number of aliphatic hydroxyl groups excluding tert-OH is 11. The van der Waals surface area contributed by atoms with Gasteiger partial charge in [-0.1, -0.05) is 179 Å². The Morgan fingerprint density at radius 1 is 0.605 bits per heavy atom. The molecule has 3 aliphatic heterocycles. The Morgan fingerprint density at radius 3 is 1.58 bits per heavy atom. The minimum atomic E-state index is -3.08. The van der Waals surface area contributed by atoms with E-state index in [-0.39, 0.29) is 12.3 Å². The van der Waals surface area contributed by atoms with E-state index >= 15 is 0 Å². The molecule has 0 aromatic heterocycles. The molecule has 3 heterocycles. The molecule has 502 valence electrons. The van der Waals surface area contributed by atoms with Crippen LogP contribution >= 0.6 is 0 Å². The lowest BCUT2D eigenvalue weighted by atomic mass is 9.88. The van der Waals surface area contributed by atoms with E-state index in [0.29, 0.717) is 12.8 Å². The summed E-state index contributed by atoms with van der Waals surface area (Å²) in [6.45, 7) is 2.11. The average molecular weight is 1240 g/mol. The summed E-state index contributed by atoms with van der Waals surface area (Å²) < 4.78 is 34.7. The van der Waals surface area contributed by atoms with Gasteiger partial charge >= 0.3 is 5.97 Å². The van der Waals surface area contributed by atoms with Gasteiger partial charge in [0.15, 0.2) is 12.6 Å². The average Bonchev–Trinajstić information content (AvgIpc) is 1.19. The van der Waals surface area contributed by atoms with Gasteiger partial charge in [0, 0.05) is 19.8 Å². The largest absolute Gasteiger partial charge is 0.477 e. The van der Waals surface area contributed by atoms with Crippen molar-refractivity contribution in [1.29, 1.82) is 0 Å². The van der Waals surface area contributed by atoms with Gasteiger partial charge in [0.1, 0.15) is 67.1 Å². The highest BCUT2D eigenvalue weighted by Gasteiger charge is 2.60. The van der Waals surface area contributed by atoms with E-state index in [0.717, 1.165) is 77.6 Å². The van der Waals surface area contributed by atoms with Crippen molar-refractivity contribution in [3.63, 3.8) is 0 Å². The number of carbonyl (C=O) groups excluding carboxylic acids is 2. The first-order valence-corrected chi connectivity index (χ1v) is 32.7. The van der Waals surface area contributed by atoms with E-state index in [1.165, 1.54) is 103 Å². The van der Waals surface area contributed by atoms with Crippen molar-refractivity contribution in [1.82, 2.24) is 10.6 Å². The second-order valence-electron chi connectivity index (χ2n) is 24.0. The summed E-state index contributed by atoms with van der Waals surface area (Å²) in [7, 11) is 0. The summed E-state index contributed by atoms with van der Waals surface area (Å²) in [6.07, 6.45) is 12.3. The molecule has 18 unspecified atom stereocenters. The number of unbranched alkanes of at least 4 members (excludes halogenated alkanes) is 26. The van der Waals surface area contributed by atoms with E-state index in [4.69, 9.17) is 28.4 Å². The second kappa shape index (κ2) is 44.6. The summed E-state index contributed by atoms with van der Waals surface area (Å²) in [4.78, 5) is 38.5. The number of rotatable bonds is 48. The molecule has 3 rings (SSSR count). The van der Waals surface area contributed by atoms with Gasteiger partial charge in [-0.05, 0) is 44.9 Å². The highest BCUT2D eigenvalue weighted by molar-refractivity contribution is 5.77. The number of amides is 2. The van der Waals surface area contributed by atoms with Crippen molar-refractivity contribution in [2.75, 3.05) is 26.4 Å². The van der Waals surface area contributed by atoms with Gasteiger partial charge in [0.25, 0.3) is 5.79 Å². The van der Waals surface area contributed by atoms with E-state index in [9.17, 15) is 75.7 Å². The van der Waals surface area contributed by atoms with E-state index < -0.39 is 155 Å². The predicted octanol–water partition coefficient (Wildman–Crippen LogP) is 4.50. The zero-order valence-corrected chi connectivity index (χ0v) is 51.9. The van der Waals surface area contributed by atoms with Crippen molar-refractivity contribution < 1.29 is 104 Å². The van der Waals surface area contributed by atoms with Crippen LogP contribution in [0.1, 0.15) is 220 Å². The number of allylic oxidation sites excluding steroid dienone is 3. The normalized spacial score (nSPS) is 29.5. The summed E-state index contributed by atoms with van der Waals surface area (Å²) in [5, 5.41) is 136. The lowest BCUT2D eigenvalue weighted by molar-refractivity contribution is -0.386. The number of carboxylic acid groups (broad SMARTS) is 1. The Bertz CT molecular complexity index is 1850. The number of aliphatic carboxylic acids is 1. The first-order chi connectivity index (χ1) is 41.4. The standard InChI is InChI=1S/C63H114N2O21/c1-4-6-8-10-12-14-16-18-20-21-23-25-27-29-31-33-35-37-50(73)65-44(45(70)36-34-32-30-28-26-24-22-19-17-15-13-11-9-7-5-2)42-81-60-55(77)54(76)57(49(41-68)83-60)84-61-56(78)59(53(75)48(40-67)82-61)86-63(62(79)80)38-46(71)51(64-43(3)69)58(85-63)52(74)47(72)39-66/h18,20,34,36,44-49,51-61,66-68,70-72,74-78H,4-17,19,21-33,35,37-42H2,1-3H3,(H,64,69)(H,65,73)(H,79,80)/b20-18-,36-34+. The van der Waals surface area contributed by atoms with E-state index in [1.807, 2.05) is 6.08 Å². The van der Waals surface area contributed by atoms with Crippen molar-refractivity contribution >= 4 is 17.8 Å². The topological polar surface area (TPSA) is 373 Å².